The monoisotopic (exact) mass is 304 g/mol. The summed E-state index contributed by atoms with van der Waals surface area (Å²) < 4.78 is 19.4. The Morgan fingerprint density at radius 2 is 2.29 bits per heavy atom. The van der Waals surface area contributed by atoms with Crippen LogP contribution in [-0.2, 0) is 4.74 Å². The van der Waals surface area contributed by atoms with E-state index >= 15 is 0 Å². The van der Waals surface area contributed by atoms with Crippen molar-refractivity contribution in [1.82, 2.24) is 0 Å². The molecule has 0 saturated carbocycles. The minimum Gasteiger partial charge on any atom is -0.383 e. The SMILES string of the molecule is COCC(CCCN)Nc1ccc(Br)cc1F. The third-order valence-electron chi connectivity index (χ3n) is 2.42. The quantitative estimate of drug-likeness (QED) is 0.814. The van der Waals surface area contributed by atoms with Crippen molar-refractivity contribution in [3.05, 3.63) is 28.5 Å². The molecule has 0 aromatic heterocycles. The summed E-state index contributed by atoms with van der Waals surface area (Å²) in [6.07, 6.45) is 1.75. The van der Waals surface area contributed by atoms with Gasteiger partial charge in [-0.15, -0.1) is 0 Å². The molecule has 0 aliphatic heterocycles. The van der Waals surface area contributed by atoms with Gasteiger partial charge in [-0.25, -0.2) is 4.39 Å². The molecule has 0 amide bonds. The topological polar surface area (TPSA) is 47.3 Å². The largest absolute Gasteiger partial charge is 0.383 e. The smallest absolute Gasteiger partial charge is 0.147 e. The van der Waals surface area contributed by atoms with Gasteiger partial charge in [0.15, 0.2) is 0 Å². The molecule has 1 aromatic carbocycles. The van der Waals surface area contributed by atoms with E-state index in [4.69, 9.17) is 10.5 Å². The van der Waals surface area contributed by atoms with E-state index in [0.717, 1.165) is 17.3 Å². The van der Waals surface area contributed by atoms with Gasteiger partial charge < -0.3 is 15.8 Å². The van der Waals surface area contributed by atoms with Gasteiger partial charge in [0.2, 0.25) is 0 Å². The number of hydrogen-bond acceptors (Lipinski definition) is 3. The third kappa shape index (κ3) is 5.02. The fourth-order valence-corrected chi connectivity index (χ4v) is 1.92. The number of ether oxygens (including phenoxy) is 1. The van der Waals surface area contributed by atoms with Crippen LogP contribution in [0.3, 0.4) is 0 Å². The van der Waals surface area contributed by atoms with Crippen LogP contribution in [0.4, 0.5) is 10.1 Å². The lowest BCUT2D eigenvalue weighted by Gasteiger charge is -2.19. The first-order valence-electron chi connectivity index (χ1n) is 5.58. The van der Waals surface area contributed by atoms with E-state index in [9.17, 15) is 4.39 Å². The molecule has 0 spiro atoms. The highest BCUT2D eigenvalue weighted by atomic mass is 79.9. The predicted octanol–water partition coefficient (Wildman–Crippen LogP) is 2.75. The molecule has 0 radical (unpaired) electrons. The fraction of sp³-hybridized carbons (Fsp3) is 0.500. The summed E-state index contributed by atoms with van der Waals surface area (Å²) >= 11 is 3.23. The van der Waals surface area contributed by atoms with Crippen molar-refractivity contribution in [2.75, 3.05) is 25.6 Å². The molecule has 5 heteroatoms. The van der Waals surface area contributed by atoms with Crippen molar-refractivity contribution in [2.24, 2.45) is 5.73 Å². The lowest BCUT2D eigenvalue weighted by Crippen LogP contribution is -2.26. The molecule has 3 nitrogen and oxygen atoms in total. The van der Waals surface area contributed by atoms with E-state index < -0.39 is 0 Å². The molecule has 1 aromatic rings. The number of nitrogens with two attached hydrogens (primary N) is 1. The summed E-state index contributed by atoms with van der Waals surface area (Å²) in [5, 5.41) is 3.13. The molecule has 1 unspecified atom stereocenters. The highest BCUT2D eigenvalue weighted by Gasteiger charge is 2.10. The second-order valence-electron chi connectivity index (χ2n) is 3.85. The van der Waals surface area contributed by atoms with Crippen LogP contribution in [-0.4, -0.2) is 26.3 Å². The molecular weight excluding hydrogens is 287 g/mol. The summed E-state index contributed by atoms with van der Waals surface area (Å²) in [6, 6.07) is 5.04. The maximum absolute atomic E-state index is 13.6. The van der Waals surface area contributed by atoms with Crippen LogP contribution >= 0.6 is 15.9 Å². The highest BCUT2D eigenvalue weighted by Crippen LogP contribution is 2.20. The Balaban J connectivity index is 2.64. The summed E-state index contributed by atoms with van der Waals surface area (Å²) in [5.41, 5.74) is 5.96. The molecule has 1 atom stereocenters. The molecule has 96 valence electrons. The standard InChI is InChI=1S/C12H18BrFN2O/c1-17-8-10(3-2-6-15)16-12-5-4-9(13)7-11(12)14/h4-5,7,10,16H,2-3,6,8,15H2,1H3. The Morgan fingerprint density at radius 3 is 2.88 bits per heavy atom. The van der Waals surface area contributed by atoms with Gasteiger partial charge in [0, 0.05) is 17.6 Å². The van der Waals surface area contributed by atoms with E-state index in [-0.39, 0.29) is 11.9 Å². The van der Waals surface area contributed by atoms with E-state index in [1.807, 2.05) is 0 Å². The van der Waals surface area contributed by atoms with Crippen molar-refractivity contribution in [1.29, 1.82) is 0 Å². The van der Waals surface area contributed by atoms with Crippen molar-refractivity contribution < 1.29 is 9.13 Å². The number of hydrogen-bond donors (Lipinski definition) is 2. The molecule has 0 aliphatic rings. The van der Waals surface area contributed by atoms with Crippen LogP contribution in [0.25, 0.3) is 0 Å². The molecule has 1 rings (SSSR count). The van der Waals surface area contributed by atoms with Crippen LogP contribution in [0.15, 0.2) is 22.7 Å². The lowest BCUT2D eigenvalue weighted by molar-refractivity contribution is 0.182. The van der Waals surface area contributed by atoms with Crippen LogP contribution in [0, 0.1) is 5.82 Å². The normalized spacial score (nSPS) is 12.5. The van der Waals surface area contributed by atoms with Gasteiger partial charge in [0.25, 0.3) is 0 Å². The molecule has 0 aliphatic carbocycles. The molecule has 0 heterocycles. The summed E-state index contributed by atoms with van der Waals surface area (Å²) in [5.74, 6) is -0.270. The molecular formula is C12H18BrFN2O. The summed E-state index contributed by atoms with van der Waals surface area (Å²) in [7, 11) is 1.63. The molecule has 0 saturated heterocycles. The Morgan fingerprint density at radius 1 is 1.53 bits per heavy atom. The van der Waals surface area contributed by atoms with Gasteiger partial charge in [-0.05, 0) is 37.6 Å². The Bertz CT molecular complexity index is 349. The second kappa shape index (κ2) is 7.63. The minimum atomic E-state index is -0.270. The fourth-order valence-electron chi connectivity index (χ4n) is 1.59. The maximum atomic E-state index is 13.6. The Kier molecular flexibility index (Phi) is 6.47. The van der Waals surface area contributed by atoms with Gasteiger partial charge in [-0.2, -0.15) is 0 Å². The first-order valence-corrected chi connectivity index (χ1v) is 6.37. The Hall–Kier alpha value is -0.650. The van der Waals surface area contributed by atoms with Gasteiger partial charge in [-0.1, -0.05) is 15.9 Å². The Labute approximate surface area is 110 Å². The number of halogens is 2. The van der Waals surface area contributed by atoms with E-state index in [2.05, 4.69) is 21.2 Å². The van der Waals surface area contributed by atoms with Crippen LogP contribution in [0.5, 0.6) is 0 Å². The van der Waals surface area contributed by atoms with E-state index in [1.165, 1.54) is 6.07 Å². The van der Waals surface area contributed by atoms with Crippen LogP contribution in [0.1, 0.15) is 12.8 Å². The van der Waals surface area contributed by atoms with Gasteiger partial charge in [0.1, 0.15) is 5.82 Å². The second-order valence-corrected chi connectivity index (χ2v) is 4.77. The maximum Gasteiger partial charge on any atom is 0.147 e. The lowest BCUT2D eigenvalue weighted by atomic mass is 10.1. The molecule has 0 fully saturated rings. The van der Waals surface area contributed by atoms with Crippen molar-refractivity contribution in [3.8, 4) is 0 Å². The first-order chi connectivity index (χ1) is 8.17. The van der Waals surface area contributed by atoms with E-state index in [1.54, 1.807) is 19.2 Å². The zero-order valence-corrected chi connectivity index (χ0v) is 11.5. The number of methoxy groups -OCH3 is 1. The number of benzene rings is 1. The van der Waals surface area contributed by atoms with Crippen molar-refractivity contribution in [3.63, 3.8) is 0 Å². The van der Waals surface area contributed by atoms with Gasteiger partial charge in [-0.3, -0.25) is 0 Å². The van der Waals surface area contributed by atoms with Crippen molar-refractivity contribution >= 4 is 21.6 Å². The molecule has 0 bridgehead atoms. The van der Waals surface area contributed by atoms with Crippen molar-refractivity contribution in [2.45, 2.75) is 18.9 Å². The predicted molar refractivity (Wildman–Crippen MR) is 71.7 cm³/mol. The zero-order chi connectivity index (χ0) is 12.7. The van der Waals surface area contributed by atoms with Crippen LogP contribution < -0.4 is 11.1 Å². The number of anilines is 1. The van der Waals surface area contributed by atoms with E-state index in [0.29, 0.717) is 18.8 Å². The average Bonchev–Trinajstić information content (AvgIpc) is 2.29. The van der Waals surface area contributed by atoms with Gasteiger partial charge >= 0.3 is 0 Å². The number of nitrogens with one attached hydrogen (secondary N) is 1. The summed E-state index contributed by atoms with van der Waals surface area (Å²) in [4.78, 5) is 0. The number of rotatable bonds is 7. The molecule has 3 N–H and O–H groups in total. The van der Waals surface area contributed by atoms with Crippen LogP contribution in [0.2, 0.25) is 0 Å². The summed E-state index contributed by atoms with van der Waals surface area (Å²) in [6.45, 7) is 1.17. The average molecular weight is 305 g/mol. The first kappa shape index (κ1) is 14.4. The molecule has 17 heavy (non-hydrogen) atoms. The van der Waals surface area contributed by atoms with Gasteiger partial charge in [0.05, 0.1) is 12.3 Å². The third-order valence-corrected chi connectivity index (χ3v) is 2.91. The highest BCUT2D eigenvalue weighted by molar-refractivity contribution is 9.10. The zero-order valence-electron chi connectivity index (χ0n) is 9.88. The minimum absolute atomic E-state index is 0.0826.